The van der Waals surface area contributed by atoms with Crippen LogP contribution in [0.4, 0.5) is 8.78 Å². The molecular weight excluding hydrogens is 268 g/mol. The van der Waals surface area contributed by atoms with Gasteiger partial charge < -0.3 is 15.2 Å². The van der Waals surface area contributed by atoms with Crippen LogP contribution in [-0.4, -0.2) is 37.2 Å². The standard InChI is InChI=1S/C11H12ClF2NO3/c12-8-5-7(1-2-9(8)16)11(17)15-3-4-18-6-10(13)14/h1-2,5,10,16H,3-4,6H2,(H,15,17). The Morgan fingerprint density at radius 1 is 1.50 bits per heavy atom. The van der Waals surface area contributed by atoms with E-state index in [1.54, 1.807) is 0 Å². The third-order valence-electron chi connectivity index (χ3n) is 1.99. The Labute approximate surface area is 108 Å². The maximum Gasteiger partial charge on any atom is 0.261 e. The molecule has 1 amide bonds. The number of rotatable bonds is 6. The van der Waals surface area contributed by atoms with Crippen molar-refractivity contribution in [3.05, 3.63) is 28.8 Å². The molecule has 18 heavy (non-hydrogen) atoms. The fourth-order valence-corrected chi connectivity index (χ4v) is 1.34. The van der Waals surface area contributed by atoms with E-state index in [1.165, 1.54) is 18.2 Å². The van der Waals surface area contributed by atoms with E-state index in [-0.39, 0.29) is 29.5 Å². The molecule has 7 heteroatoms. The fourth-order valence-electron chi connectivity index (χ4n) is 1.16. The summed E-state index contributed by atoms with van der Waals surface area (Å²) in [6, 6.07) is 4.01. The van der Waals surface area contributed by atoms with Gasteiger partial charge in [-0.05, 0) is 18.2 Å². The van der Waals surface area contributed by atoms with E-state index in [0.29, 0.717) is 0 Å². The number of phenols is 1. The van der Waals surface area contributed by atoms with Crippen LogP contribution < -0.4 is 5.32 Å². The van der Waals surface area contributed by atoms with E-state index in [0.717, 1.165) is 0 Å². The van der Waals surface area contributed by atoms with E-state index in [9.17, 15) is 13.6 Å². The highest BCUT2D eigenvalue weighted by molar-refractivity contribution is 6.32. The van der Waals surface area contributed by atoms with Gasteiger partial charge in [-0.15, -0.1) is 0 Å². The molecule has 0 fully saturated rings. The Morgan fingerprint density at radius 2 is 2.22 bits per heavy atom. The normalized spacial score (nSPS) is 10.7. The first-order valence-electron chi connectivity index (χ1n) is 5.13. The van der Waals surface area contributed by atoms with Crippen molar-refractivity contribution in [1.82, 2.24) is 5.32 Å². The number of hydrogen-bond donors (Lipinski definition) is 2. The third-order valence-corrected chi connectivity index (χ3v) is 2.29. The predicted molar refractivity (Wildman–Crippen MR) is 62.3 cm³/mol. The average molecular weight is 280 g/mol. The van der Waals surface area contributed by atoms with E-state index < -0.39 is 18.9 Å². The van der Waals surface area contributed by atoms with Crippen LogP contribution in [0, 0.1) is 0 Å². The second kappa shape index (κ2) is 7.13. The van der Waals surface area contributed by atoms with Crippen molar-refractivity contribution in [3.63, 3.8) is 0 Å². The molecule has 0 heterocycles. The van der Waals surface area contributed by atoms with E-state index in [1.807, 2.05) is 0 Å². The molecule has 0 atom stereocenters. The number of nitrogens with one attached hydrogen (secondary N) is 1. The summed E-state index contributed by atoms with van der Waals surface area (Å²) in [5, 5.41) is 11.7. The van der Waals surface area contributed by atoms with Crippen molar-refractivity contribution in [2.75, 3.05) is 19.8 Å². The lowest BCUT2D eigenvalue weighted by Gasteiger charge is -2.06. The molecule has 0 spiro atoms. The smallest absolute Gasteiger partial charge is 0.261 e. The molecule has 0 aliphatic rings. The SMILES string of the molecule is O=C(NCCOCC(F)F)c1ccc(O)c(Cl)c1. The topological polar surface area (TPSA) is 58.6 Å². The Balaban J connectivity index is 2.34. The van der Waals surface area contributed by atoms with Gasteiger partial charge in [0, 0.05) is 12.1 Å². The Morgan fingerprint density at radius 3 is 2.83 bits per heavy atom. The largest absolute Gasteiger partial charge is 0.506 e. The number of benzene rings is 1. The number of carbonyl (C=O) groups excluding carboxylic acids is 1. The van der Waals surface area contributed by atoms with Crippen LogP contribution >= 0.6 is 11.6 Å². The zero-order valence-electron chi connectivity index (χ0n) is 9.33. The first-order valence-corrected chi connectivity index (χ1v) is 5.51. The zero-order valence-corrected chi connectivity index (χ0v) is 10.1. The molecule has 1 rings (SSSR count). The quantitative estimate of drug-likeness (QED) is 0.784. The summed E-state index contributed by atoms with van der Waals surface area (Å²) in [7, 11) is 0. The summed E-state index contributed by atoms with van der Waals surface area (Å²) in [6.07, 6.45) is -2.52. The molecular formula is C11H12ClF2NO3. The zero-order chi connectivity index (χ0) is 13.5. The number of amides is 1. The molecule has 0 aliphatic carbocycles. The molecule has 2 N–H and O–H groups in total. The van der Waals surface area contributed by atoms with Gasteiger partial charge in [-0.2, -0.15) is 0 Å². The summed E-state index contributed by atoms with van der Waals surface area (Å²) >= 11 is 5.64. The maximum atomic E-state index is 11.7. The second-order valence-corrected chi connectivity index (χ2v) is 3.80. The van der Waals surface area contributed by atoms with Crippen molar-refractivity contribution in [1.29, 1.82) is 0 Å². The van der Waals surface area contributed by atoms with E-state index in [4.69, 9.17) is 16.7 Å². The Kier molecular flexibility index (Phi) is 5.80. The molecule has 4 nitrogen and oxygen atoms in total. The number of ether oxygens (including phenoxy) is 1. The second-order valence-electron chi connectivity index (χ2n) is 3.39. The minimum atomic E-state index is -2.52. The molecule has 0 saturated carbocycles. The molecule has 100 valence electrons. The highest BCUT2D eigenvalue weighted by atomic mass is 35.5. The first kappa shape index (κ1) is 14.7. The molecule has 0 saturated heterocycles. The molecule has 1 aromatic carbocycles. The van der Waals surface area contributed by atoms with Gasteiger partial charge in [0.05, 0.1) is 11.6 Å². The number of aromatic hydroxyl groups is 1. The number of phenolic OH excluding ortho intramolecular Hbond substituents is 1. The monoisotopic (exact) mass is 279 g/mol. The summed E-state index contributed by atoms with van der Waals surface area (Å²) in [6.45, 7) is -0.535. The summed E-state index contributed by atoms with van der Waals surface area (Å²) in [5.74, 6) is -0.536. The van der Waals surface area contributed by atoms with Gasteiger partial charge >= 0.3 is 0 Å². The van der Waals surface area contributed by atoms with Crippen LogP contribution in [0.25, 0.3) is 0 Å². The van der Waals surface area contributed by atoms with Gasteiger partial charge in [-0.1, -0.05) is 11.6 Å². The van der Waals surface area contributed by atoms with Gasteiger partial charge in [0.2, 0.25) is 0 Å². The van der Waals surface area contributed by atoms with Crippen LogP contribution in [0.2, 0.25) is 5.02 Å². The molecule has 0 aromatic heterocycles. The summed E-state index contributed by atoms with van der Waals surface area (Å²) in [4.78, 5) is 11.6. The lowest BCUT2D eigenvalue weighted by Crippen LogP contribution is -2.27. The van der Waals surface area contributed by atoms with Gasteiger partial charge in [0.15, 0.2) is 0 Å². The van der Waals surface area contributed by atoms with Crippen molar-refractivity contribution >= 4 is 17.5 Å². The molecule has 0 bridgehead atoms. The van der Waals surface area contributed by atoms with Gasteiger partial charge in [0.25, 0.3) is 12.3 Å². The van der Waals surface area contributed by atoms with Crippen LogP contribution in [-0.2, 0) is 4.74 Å². The Hall–Kier alpha value is -1.40. The highest BCUT2D eigenvalue weighted by Gasteiger charge is 2.08. The summed E-state index contributed by atoms with van der Waals surface area (Å²) < 4.78 is 28.0. The van der Waals surface area contributed by atoms with Crippen LogP contribution in [0.1, 0.15) is 10.4 Å². The van der Waals surface area contributed by atoms with Crippen molar-refractivity contribution < 1.29 is 23.4 Å². The summed E-state index contributed by atoms with van der Waals surface area (Å²) in [5.41, 5.74) is 0.270. The highest BCUT2D eigenvalue weighted by Crippen LogP contribution is 2.23. The number of carbonyl (C=O) groups is 1. The van der Waals surface area contributed by atoms with Gasteiger partial charge in [-0.25, -0.2) is 8.78 Å². The van der Waals surface area contributed by atoms with Gasteiger partial charge in [-0.3, -0.25) is 4.79 Å². The Bertz CT molecular complexity index is 415. The fraction of sp³-hybridized carbons (Fsp3) is 0.364. The van der Waals surface area contributed by atoms with E-state index >= 15 is 0 Å². The molecule has 0 radical (unpaired) electrons. The average Bonchev–Trinajstić information content (AvgIpc) is 2.31. The molecule has 0 unspecified atom stereocenters. The van der Waals surface area contributed by atoms with Crippen LogP contribution in [0.5, 0.6) is 5.75 Å². The number of halogens is 3. The van der Waals surface area contributed by atoms with Gasteiger partial charge in [0.1, 0.15) is 12.4 Å². The first-order chi connectivity index (χ1) is 8.50. The lowest BCUT2D eigenvalue weighted by molar-refractivity contribution is 0.0188. The molecule has 0 aliphatic heterocycles. The molecule has 1 aromatic rings. The minimum absolute atomic E-state index is 0.00188. The van der Waals surface area contributed by atoms with Crippen LogP contribution in [0.3, 0.4) is 0 Å². The van der Waals surface area contributed by atoms with Crippen molar-refractivity contribution in [3.8, 4) is 5.75 Å². The van der Waals surface area contributed by atoms with Crippen molar-refractivity contribution in [2.24, 2.45) is 0 Å². The predicted octanol–water partition coefficient (Wildman–Crippen LogP) is 2.06. The van der Waals surface area contributed by atoms with E-state index in [2.05, 4.69) is 10.1 Å². The van der Waals surface area contributed by atoms with Crippen LogP contribution in [0.15, 0.2) is 18.2 Å². The maximum absolute atomic E-state index is 11.7. The van der Waals surface area contributed by atoms with Crippen molar-refractivity contribution in [2.45, 2.75) is 6.43 Å². The third kappa shape index (κ3) is 4.85. The lowest BCUT2D eigenvalue weighted by atomic mass is 10.2. The minimum Gasteiger partial charge on any atom is -0.506 e. The number of hydrogen-bond acceptors (Lipinski definition) is 3. The number of alkyl halides is 2.